The second-order valence-corrected chi connectivity index (χ2v) is 3.64. The average Bonchev–Trinajstić information content (AvgIpc) is 2.12. The van der Waals surface area contributed by atoms with E-state index in [-0.39, 0.29) is 0 Å². The predicted octanol–water partition coefficient (Wildman–Crippen LogP) is 3.02. The fourth-order valence-corrected chi connectivity index (χ4v) is 1.54. The van der Waals surface area contributed by atoms with E-state index < -0.39 is 6.10 Å². The average molecular weight is 220 g/mol. The molecule has 0 fully saturated rings. The van der Waals surface area contributed by atoms with Crippen molar-refractivity contribution >= 4 is 28.9 Å². The molecule has 13 heavy (non-hydrogen) atoms. The summed E-state index contributed by atoms with van der Waals surface area (Å²) >= 11 is 11.6. The fraction of sp³-hybridized carbons (Fsp3) is 0.333. The van der Waals surface area contributed by atoms with Crippen molar-refractivity contribution in [3.8, 4) is 0 Å². The number of hydrogen-bond donors (Lipinski definition) is 2. The van der Waals surface area contributed by atoms with E-state index in [1.165, 1.54) is 0 Å². The zero-order chi connectivity index (χ0) is 10.0. The van der Waals surface area contributed by atoms with Gasteiger partial charge in [0.2, 0.25) is 0 Å². The topological polar surface area (TPSA) is 46.2 Å². The highest BCUT2D eigenvalue weighted by Crippen LogP contribution is 2.31. The van der Waals surface area contributed by atoms with E-state index in [0.29, 0.717) is 27.7 Å². The van der Waals surface area contributed by atoms with Gasteiger partial charge < -0.3 is 10.8 Å². The molecule has 0 spiro atoms. The zero-order valence-corrected chi connectivity index (χ0v) is 8.73. The normalized spacial score (nSPS) is 12.9. The summed E-state index contributed by atoms with van der Waals surface area (Å²) in [5.41, 5.74) is 6.60. The Morgan fingerprint density at radius 2 is 1.85 bits per heavy atom. The molecule has 0 aliphatic rings. The highest BCUT2D eigenvalue weighted by Gasteiger charge is 2.09. The van der Waals surface area contributed by atoms with Crippen molar-refractivity contribution in [1.29, 1.82) is 0 Å². The van der Waals surface area contributed by atoms with Crippen LogP contribution in [-0.2, 0) is 0 Å². The van der Waals surface area contributed by atoms with Gasteiger partial charge in [-0.25, -0.2) is 0 Å². The summed E-state index contributed by atoms with van der Waals surface area (Å²) in [5, 5.41) is 10.3. The van der Waals surface area contributed by atoms with Gasteiger partial charge in [0.05, 0.1) is 21.8 Å². The van der Waals surface area contributed by atoms with Gasteiger partial charge >= 0.3 is 0 Å². The van der Waals surface area contributed by atoms with Gasteiger partial charge in [-0.3, -0.25) is 0 Å². The molecule has 0 radical (unpaired) electrons. The molecule has 0 bridgehead atoms. The number of aliphatic hydroxyl groups excluding tert-OH is 1. The van der Waals surface area contributed by atoms with Gasteiger partial charge in [-0.15, -0.1) is 0 Å². The molecule has 1 atom stereocenters. The molecule has 0 aliphatic carbocycles. The molecule has 0 aromatic heterocycles. The van der Waals surface area contributed by atoms with Crippen molar-refractivity contribution in [3.63, 3.8) is 0 Å². The third-order valence-electron chi connectivity index (χ3n) is 1.87. The van der Waals surface area contributed by atoms with Crippen LogP contribution in [0.1, 0.15) is 25.0 Å². The quantitative estimate of drug-likeness (QED) is 0.752. The number of hydrogen-bond acceptors (Lipinski definition) is 2. The van der Waals surface area contributed by atoms with E-state index >= 15 is 0 Å². The maximum Gasteiger partial charge on any atom is 0.0788 e. The van der Waals surface area contributed by atoms with E-state index in [1.807, 2.05) is 6.92 Å². The van der Waals surface area contributed by atoms with Crippen LogP contribution in [0, 0.1) is 0 Å². The highest BCUT2D eigenvalue weighted by molar-refractivity contribution is 6.38. The first kappa shape index (κ1) is 10.6. The fourth-order valence-electron chi connectivity index (χ4n) is 1.03. The third kappa shape index (κ3) is 2.27. The minimum atomic E-state index is -0.532. The molecule has 0 aliphatic heterocycles. The van der Waals surface area contributed by atoms with Gasteiger partial charge in [-0.05, 0) is 24.1 Å². The Bertz CT molecular complexity index is 291. The molecule has 4 heteroatoms. The standard InChI is InChI=1S/C9H11Cl2NO/c1-2-8(13)5-3-6(10)9(12)7(11)4-5/h3-4,8,13H,2,12H2,1H3/t8-/m0/s1. The summed E-state index contributed by atoms with van der Waals surface area (Å²) in [7, 11) is 0. The number of aliphatic hydroxyl groups is 1. The molecule has 72 valence electrons. The Morgan fingerprint density at radius 1 is 1.38 bits per heavy atom. The highest BCUT2D eigenvalue weighted by atomic mass is 35.5. The van der Waals surface area contributed by atoms with Crippen molar-refractivity contribution in [3.05, 3.63) is 27.7 Å². The molecular weight excluding hydrogens is 209 g/mol. The minimum absolute atomic E-state index is 0.357. The van der Waals surface area contributed by atoms with Crippen LogP contribution in [0.4, 0.5) is 5.69 Å². The number of nitrogens with two attached hydrogens (primary N) is 1. The third-order valence-corrected chi connectivity index (χ3v) is 2.50. The van der Waals surface area contributed by atoms with Crippen LogP contribution in [0.5, 0.6) is 0 Å². The lowest BCUT2D eigenvalue weighted by Crippen LogP contribution is -1.97. The Hall–Kier alpha value is -0.440. The number of halogens is 2. The second-order valence-electron chi connectivity index (χ2n) is 2.82. The Balaban J connectivity index is 3.13. The maximum atomic E-state index is 9.51. The molecule has 2 nitrogen and oxygen atoms in total. The summed E-state index contributed by atoms with van der Waals surface area (Å²) in [6.45, 7) is 1.88. The first-order chi connectivity index (χ1) is 6.06. The zero-order valence-electron chi connectivity index (χ0n) is 7.22. The van der Waals surface area contributed by atoms with Gasteiger partial charge in [-0.2, -0.15) is 0 Å². The maximum absolute atomic E-state index is 9.51. The van der Waals surface area contributed by atoms with E-state index in [2.05, 4.69) is 0 Å². The number of rotatable bonds is 2. The van der Waals surface area contributed by atoms with E-state index in [4.69, 9.17) is 28.9 Å². The number of anilines is 1. The van der Waals surface area contributed by atoms with Crippen LogP contribution >= 0.6 is 23.2 Å². The Morgan fingerprint density at radius 3 is 2.23 bits per heavy atom. The molecule has 0 saturated carbocycles. The van der Waals surface area contributed by atoms with Crippen molar-refractivity contribution < 1.29 is 5.11 Å². The summed E-state index contributed by atoms with van der Waals surface area (Å²) in [5.74, 6) is 0. The van der Waals surface area contributed by atoms with Gasteiger partial charge in [0.25, 0.3) is 0 Å². The summed E-state index contributed by atoms with van der Waals surface area (Å²) in [6.07, 6.45) is 0.0898. The molecule has 1 aromatic carbocycles. The minimum Gasteiger partial charge on any atom is -0.396 e. The van der Waals surface area contributed by atoms with Crippen molar-refractivity contribution in [2.24, 2.45) is 0 Å². The molecule has 0 amide bonds. The smallest absolute Gasteiger partial charge is 0.0788 e. The van der Waals surface area contributed by atoms with Crippen molar-refractivity contribution in [2.45, 2.75) is 19.4 Å². The van der Waals surface area contributed by atoms with Gasteiger partial charge in [-0.1, -0.05) is 30.1 Å². The molecule has 0 unspecified atom stereocenters. The van der Waals surface area contributed by atoms with Crippen molar-refractivity contribution in [1.82, 2.24) is 0 Å². The largest absolute Gasteiger partial charge is 0.396 e. The molecule has 1 rings (SSSR count). The van der Waals surface area contributed by atoms with Crippen LogP contribution in [0.25, 0.3) is 0 Å². The SMILES string of the molecule is CC[C@H](O)c1cc(Cl)c(N)c(Cl)c1. The van der Waals surface area contributed by atoms with Crippen LogP contribution in [0.2, 0.25) is 10.0 Å². The second kappa shape index (κ2) is 4.18. The summed E-state index contributed by atoms with van der Waals surface area (Å²) in [4.78, 5) is 0. The predicted molar refractivity (Wildman–Crippen MR) is 56.1 cm³/mol. The first-order valence-corrected chi connectivity index (χ1v) is 4.74. The van der Waals surface area contributed by atoms with Gasteiger partial charge in [0.1, 0.15) is 0 Å². The molecule has 3 N–H and O–H groups in total. The lowest BCUT2D eigenvalue weighted by Gasteiger charge is -2.10. The Labute approximate surface area is 87.3 Å². The molecule has 0 saturated heterocycles. The lowest BCUT2D eigenvalue weighted by atomic mass is 10.1. The van der Waals surface area contributed by atoms with Crippen LogP contribution < -0.4 is 5.73 Å². The molecule has 0 heterocycles. The summed E-state index contributed by atoms with van der Waals surface area (Å²) < 4.78 is 0. The summed E-state index contributed by atoms with van der Waals surface area (Å²) in [6, 6.07) is 3.27. The van der Waals surface area contributed by atoms with Gasteiger partial charge in [0, 0.05) is 0 Å². The first-order valence-electron chi connectivity index (χ1n) is 3.98. The molecular formula is C9H11Cl2NO. The number of nitrogen functional groups attached to an aromatic ring is 1. The Kier molecular flexibility index (Phi) is 3.42. The van der Waals surface area contributed by atoms with Crippen LogP contribution in [0.3, 0.4) is 0 Å². The van der Waals surface area contributed by atoms with Crippen LogP contribution in [0.15, 0.2) is 12.1 Å². The van der Waals surface area contributed by atoms with Gasteiger partial charge in [0.15, 0.2) is 0 Å². The van der Waals surface area contributed by atoms with Crippen LogP contribution in [-0.4, -0.2) is 5.11 Å². The lowest BCUT2D eigenvalue weighted by molar-refractivity contribution is 0.173. The van der Waals surface area contributed by atoms with E-state index in [9.17, 15) is 5.11 Å². The van der Waals surface area contributed by atoms with Crippen molar-refractivity contribution in [2.75, 3.05) is 5.73 Å². The van der Waals surface area contributed by atoms with E-state index in [1.54, 1.807) is 12.1 Å². The van der Waals surface area contributed by atoms with E-state index in [0.717, 1.165) is 0 Å². The number of benzene rings is 1. The molecule has 1 aromatic rings. The monoisotopic (exact) mass is 219 g/mol.